The van der Waals surface area contributed by atoms with Gasteiger partial charge in [-0.1, -0.05) is 78.1 Å². The van der Waals surface area contributed by atoms with Gasteiger partial charge in [0.15, 0.2) is 10.6 Å². The molecule has 0 spiro atoms. The van der Waals surface area contributed by atoms with Crippen LogP contribution in [0.25, 0.3) is 23.1 Å². The highest BCUT2D eigenvalue weighted by Crippen LogP contribution is 2.35. The summed E-state index contributed by atoms with van der Waals surface area (Å²) < 4.78 is 13.6. The molecule has 7 nitrogen and oxygen atoms in total. The molecule has 220 valence electrons. The van der Waals surface area contributed by atoms with Crippen LogP contribution in [-0.2, 0) is 9.53 Å². The maximum absolute atomic E-state index is 14.1. The maximum Gasteiger partial charge on any atom is 0.338 e. The van der Waals surface area contributed by atoms with Gasteiger partial charge < -0.3 is 9.15 Å². The molecular formula is C35H28N2O5S2. The zero-order valence-corrected chi connectivity index (χ0v) is 25.9. The minimum Gasteiger partial charge on any atom is -0.463 e. The molecule has 1 aliphatic heterocycles. The van der Waals surface area contributed by atoms with Crippen LogP contribution in [0, 0.1) is 0 Å². The number of Topliss-reactive ketones (excluding diaryl/α,β-unsaturated/α-hetero) is 1. The number of carbonyl (C=O) groups excluding carboxylic acids is 2. The Morgan fingerprint density at radius 2 is 1.70 bits per heavy atom. The molecule has 0 N–H and O–H groups in total. The number of benzene rings is 3. The van der Waals surface area contributed by atoms with Crippen LogP contribution in [0.2, 0.25) is 0 Å². The van der Waals surface area contributed by atoms with Crippen molar-refractivity contribution in [3.05, 3.63) is 139 Å². The molecule has 0 aliphatic carbocycles. The van der Waals surface area contributed by atoms with E-state index in [1.54, 1.807) is 47.5 Å². The Morgan fingerprint density at radius 1 is 0.977 bits per heavy atom. The van der Waals surface area contributed by atoms with E-state index in [1.165, 1.54) is 18.3 Å². The SMILES string of the molecule is CCOC(=O)C1=C(c2ccccc2)N=c2s/c(=C\c3ccc(-c4ccc(C(C)=O)cc4)o3)c(=O)n2[C@@H]1c1ccc(SC)cc1. The lowest BCUT2D eigenvalue weighted by Gasteiger charge is -2.26. The summed E-state index contributed by atoms with van der Waals surface area (Å²) in [6, 6.07) is 27.4. The Balaban J connectivity index is 1.52. The number of hydrogen-bond donors (Lipinski definition) is 0. The molecule has 9 heteroatoms. The fourth-order valence-corrected chi connectivity index (χ4v) is 6.52. The first-order valence-electron chi connectivity index (χ1n) is 14.0. The molecule has 0 unspecified atom stereocenters. The van der Waals surface area contributed by atoms with E-state index in [9.17, 15) is 14.4 Å². The van der Waals surface area contributed by atoms with Crippen LogP contribution in [0.3, 0.4) is 0 Å². The molecule has 1 aliphatic rings. The number of fused-ring (bicyclic) bond motifs is 1. The van der Waals surface area contributed by atoms with Crippen molar-refractivity contribution in [2.75, 3.05) is 12.9 Å². The number of nitrogens with zero attached hydrogens (tertiary/aromatic N) is 2. The van der Waals surface area contributed by atoms with Crippen molar-refractivity contribution < 1.29 is 18.7 Å². The van der Waals surface area contributed by atoms with E-state index < -0.39 is 12.0 Å². The van der Waals surface area contributed by atoms with Crippen molar-refractivity contribution in [2.24, 2.45) is 4.99 Å². The fraction of sp³-hybridized carbons (Fsp3) is 0.143. The van der Waals surface area contributed by atoms with E-state index in [1.807, 2.05) is 79.1 Å². The topological polar surface area (TPSA) is 90.9 Å². The van der Waals surface area contributed by atoms with Gasteiger partial charge in [0.1, 0.15) is 11.5 Å². The smallest absolute Gasteiger partial charge is 0.338 e. The number of ketones is 1. The molecule has 3 aromatic carbocycles. The van der Waals surface area contributed by atoms with Crippen LogP contribution in [0.15, 0.2) is 116 Å². The number of esters is 1. The summed E-state index contributed by atoms with van der Waals surface area (Å²) in [4.78, 5) is 45.8. The first-order chi connectivity index (χ1) is 21.4. The monoisotopic (exact) mass is 620 g/mol. The molecule has 0 radical (unpaired) electrons. The van der Waals surface area contributed by atoms with Crippen LogP contribution in [-0.4, -0.2) is 29.2 Å². The first kappa shape index (κ1) is 29.3. The number of rotatable bonds is 8. The summed E-state index contributed by atoms with van der Waals surface area (Å²) in [5.74, 6) is 0.582. The summed E-state index contributed by atoms with van der Waals surface area (Å²) in [6.07, 6.45) is 3.69. The Morgan fingerprint density at radius 3 is 2.36 bits per heavy atom. The molecule has 3 heterocycles. The van der Waals surface area contributed by atoms with Crippen LogP contribution >= 0.6 is 23.1 Å². The highest BCUT2D eigenvalue weighted by atomic mass is 32.2. The predicted molar refractivity (Wildman–Crippen MR) is 173 cm³/mol. The van der Waals surface area contributed by atoms with E-state index in [0.29, 0.717) is 37.7 Å². The number of ether oxygens (including phenoxy) is 1. The van der Waals surface area contributed by atoms with Crippen LogP contribution in [0.1, 0.15) is 47.1 Å². The van der Waals surface area contributed by atoms with Crippen molar-refractivity contribution in [2.45, 2.75) is 24.8 Å². The van der Waals surface area contributed by atoms with Crippen LogP contribution in [0.5, 0.6) is 0 Å². The van der Waals surface area contributed by atoms with E-state index in [-0.39, 0.29) is 17.9 Å². The van der Waals surface area contributed by atoms with Crippen LogP contribution in [0.4, 0.5) is 0 Å². The summed E-state index contributed by atoms with van der Waals surface area (Å²) in [5, 5.41) is 0. The molecule has 0 amide bonds. The van der Waals surface area contributed by atoms with Gasteiger partial charge >= 0.3 is 5.97 Å². The van der Waals surface area contributed by atoms with Crippen molar-refractivity contribution >= 4 is 46.6 Å². The number of furan rings is 1. The van der Waals surface area contributed by atoms with Crippen molar-refractivity contribution in [1.29, 1.82) is 0 Å². The summed E-state index contributed by atoms with van der Waals surface area (Å²) in [6.45, 7) is 3.47. The predicted octanol–water partition coefficient (Wildman–Crippen LogP) is 6.12. The van der Waals surface area contributed by atoms with Gasteiger partial charge in [0.2, 0.25) is 0 Å². The average molecular weight is 621 g/mol. The molecular weight excluding hydrogens is 593 g/mol. The van der Waals surface area contributed by atoms with Gasteiger partial charge in [-0.25, -0.2) is 9.79 Å². The summed E-state index contributed by atoms with van der Waals surface area (Å²) in [5.41, 5.74) is 3.47. The largest absolute Gasteiger partial charge is 0.463 e. The quantitative estimate of drug-likeness (QED) is 0.118. The molecule has 5 aromatic rings. The molecule has 0 fully saturated rings. The summed E-state index contributed by atoms with van der Waals surface area (Å²) in [7, 11) is 0. The van der Waals surface area contributed by atoms with E-state index in [2.05, 4.69) is 0 Å². The fourth-order valence-electron chi connectivity index (χ4n) is 5.13. The third kappa shape index (κ3) is 5.64. The van der Waals surface area contributed by atoms with Crippen molar-refractivity contribution in [3.63, 3.8) is 0 Å². The molecule has 0 bridgehead atoms. The van der Waals surface area contributed by atoms with Gasteiger partial charge in [0.25, 0.3) is 5.56 Å². The van der Waals surface area contributed by atoms with Gasteiger partial charge in [-0.05, 0) is 49.9 Å². The Labute approximate surface area is 261 Å². The lowest BCUT2D eigenvalue weighted by atomic mass is 9.93. The maximum atomic E-state index is 14.1. The Kier molecular flexibility index (Phi) is 8.32. The van der Waals surface area contributed by atoms with E-state index in [4.69, 9.17) is 14.1 Å². The number of hydrogen-bond acceptors (Lipinski definition) is 8. The number of thiazole rings is 1. The Bertz CT molecular complexity index is 2070. The lowest BCUT2D eigenvalue weighted by molar-refractivity contribution is -0.138. The molecule has 44 heavy (non-hydrogen) atoms. The molecule has 0 saturated carbocycles. The van der Waals surface area contributed by atoms with Gasteiger partial charge in [0.05, 0.1) is 28.5 Å². The highest BCUT2D eigenvalue weighted by molar-refractivity contribution is 7.98. The van der Waals surface area contributed by atoms with E-state index >= 15 is 0 Å². The second-order valence-corrected chi connectivity index (χ2v) is 11.9. The van der Waals surface area contributed by atoms with E-state index in [0.717, 1.165) is 21.6 Å². The zero-order valence-electron chi connectivity index (χ0n) is 24.3. The molecule has 0 saturated heterocycles. The zero-order chi connectivity index (χ0) is 30.8. The summed E-state index contributed by atoms with van der Waals surface area (Å²) >= 11 is 2.85. The van der Waals surface area contributed by atoms with Crippen molar-refractivity contribution in [3.8, 4) is 11.3 Å². The van der Waals surface area contributed by atoms with Gasteiger partial charge in [-0.15, -0.1) is 11.8 Å². The molecule has 6 rings (SSSR count). The second kappa shape index (κ2) is 12.5. The highest BCUT2D eigenvalue weighted by Gasteiger charge is 2.35. The standard InChI is InChI=1S/C35H28N2O5S2/c1-4-41-34(40)30-31(24-8-6-5-7-9-24)36-35-37(32(30)25-14-17-27(43-3)18-15-25)33(39)29(44-35)20-26-16-19-28(42-26)23-12-10-22(11-13-23)21(2)38/h5-20,32H,4H2,1-3H3/b29-20-/t32-/m1/s1. The third-order valence-electron chi connectivity index (χ3n) is 7.28. The molecule has 2 aromatic heterocycles. The van der Waals surface area contributed by atoms with Gasteiger partial charge in [-0.2, -0.15) is 0 Å². The normalized spacial score (nSPS) is 14.7. The van der Waals surface area contributed by atoms with Crippen LogP contribution < -0.4 is 14.9 Å². The number of aromatic nitrogens is 1. The number of carbonyl (C=O) groups is 2. The minimum absolute atomic E-state index is 0.00732. The van der Waals surface area contributed by atoms with Crippen molar-refractivity contribution in [1.82, 2.24) is 4.57 Å². The van der Waals surface area contributed by atoms with Gasteiger partial charge in [0, 0.05) is 27.7 Å². The lowest BCUT2D eigenvalue weighted by Crippen LogP contribution is -2.40. The minimum atomic E-state index is -0.745. The molecule has 1 atom stereocenters. The number of thioether (sulfide) groups is 1. The van der Waals surface area contributed by atoms with Gasteiger partial charge in [-0.3, -0.25) is 14.2 Å². The Hall–Kier alpha value is -4.73. The average Bonchev–Trinajstić information content (AvgIpc) is 3.65. The third-order valence-corrected chi connectivity index (χ3v) is 9.01. The first-order valence-corrected chi connectivity index (χ1v) is 16.1. The second-order valence-electron chi connectivity index (χ2n) is 10.0.